The molecule has 0 spiro atoms. The highest BCUT2D eigenvalue weighted by Crippen LogP contribution is 2.27. The number of nitrogens with zero attached hydrogens (tertiary/aromatic N) is 1. The van der Waals surface area contributed by atoms with Crippen molar-refractivity contribution in [3.63, 3.8) is 0 Å². The van der Waals surface area contributed by atoms with E-state index in [9.17, 15) is 21.6 Å². The predicted octanol–water partition coefficient (Wildman–Crippen LogP) is 5.32. The minimum atomic E-state index is -5.36. The van der Waals surface area contributed by atoms with Crippen molar-refractivity contribution in [2.45, 2.75) is 45.5 Å². The molecule has 1 rings (SSSR count). The Kier molecular flexibility index (Phi) is 9.26. The van der Waals surface area contributed by atoms with Gasteiger partial charge in [-0.05, 0) is 44.6 Å². The van der Waals surface area contributed by atoms with Gasteiger partial charge in [-0.3, -0.25) is 0 Å². The molecule has 0 unspecified atom stereocenters. The van der Waals surface area contributed by atoms with Gasteiger partial charge in [0.15, 0.2) is 0 Å². The fourth-order valence-corrected chi connectivity index (χ4v) is 3.40. The highest BCUT2D eigenvalue weighted by molar-refractivity contribution is 7.90. The zero-order valence-corrected chi connectivity index (χ0v) is 16.9. The molecule has 0 aliphatic heterocycles. The lowest BCUT2D eigenvalue weighted by Gasteiger charge is -2.22. The van der Waals surface area contributed by atoms with E-state index in [4.69, 9.17) is 0 Å². The lowest BCUT2D eigenvalue weighted by Crippen LogP contribution is -2.41. The number of sulfonamides is 1. The molecule has 0 fully saturated rings. The SMILES string of the molecule is CC(C)=CCC[C@@H](C)/C=C/CN(CCc1ccccc1)S(=O)(=O)C(F)(F)F. The third kappa shape index (κ3) is 8.30. The minimum Gasteiger partial charge on any atom is -0.203 e. The number of alkyl halides is 3. The van der Waals surface area contributed by atoms with Gasteiger partial charge in [-0.15, -0.1) is 0 Å². The summed E-state index contributed by atoms with van der Waals surface area (Å²) >= 11 is 0. The summed E-state index contributed by atoms with van der Waals surface area (Å²) in [5, 5.41) is 0. The lowest BCUT2D eigenvalue weighted by molar-refractivity contribution is -0.0486. The molecule has 7 heteroatoms. The van der Waals surface area contributed by atoms with Crippen LogP contribution in [0.2, 0.25) is 0 Å². The molecule has 3 nitrogen and oxygen atoms in total. The third-order valence-electron chi connectivity index (χ3n) is 4.07. The second-order valence-corrected chi connectivity index (χ2v) is 8.74. The van der Waals surface area contributed by atoms with Crippen LogP contribution in [0.1, 0.15) is 39.2 Å². The maximum absolute atomic E-state index is 13.0. The summed E-state index contributed by atoms with van der Waals surface area (Å²) in [5.74, 6) is 0.158. The zero-order chi connectivity index (χ0) is 20.5. The number of allylic oxidation sites excluding steroid dienone is 3. The Morgan fingerprint density at radius 2 is 1.81 bits per heavy atom. The largest absolute Gasteiger partial charge is 0.511 e. The van der Waals surface area contributed by atoms with Crippen molar-refractivity contribution < 1.29 is 21.6 Å². The van der Waals surface area contributed by atoms with Crippen molar-refractivity contribution in [3.8, 4) is 0 Å². The van der Waals surface area contributed by atoms with Gasteiger partial charge >= 0.3 is 15.5 Å². The van der Waals surface area contributed by atoms with Crippen LogP contribution in [-0.2, 0) is 16.4 Å². The van der Waals surface area contributed by atoms with E-state index < -0.39 is 15.5 Å². The van der Waals surface area contributed by atoms with Crippen LogP contribution in [-0.4, -0.2) is 31.3 Å². The topological polar surface area (TPSA) is 37.4 Å². The normalized spacial score (nSPS) is 13.9. The van der Waals surface area contributed by atoms with Crippen LogP contribution >= 0.6 is 0 Å². The van der Waals surface area contributed by atoms with Gasteiger partial charge in [0.2, 0.25) is 0 Å². The quantitative estimate of drug-likeness (QED) is 0.496. The van der Waals surface area contributed by atoms with Crippen molar-refractivity contribution in [2.24, 2.45) is 5.92 Å². The standard InChI is InChI=1S/C20H28F3NO2S/c1-17(2)9-7-10-18(3)11-8-15-24(27(25,26)20(21,22)23)16-14-19-12-5-4-6-13-19/h4-6,8-9,11-13,18H,7,10,14-16H2,1-3H3/b11-8+/t18-/m1/s1. The first-order chi connectivity index (χ1) is 12.5. The van der Waals surface area contributed by atoms with Gasteiger partial charge in [0, 0.05) is 13.1 Å². The summed E-state index contributed by atoms with van der Waals surface area (Å²) in [7, 11) is -5.36. The van der Waals surface area contributed by atoms with Gasteiger partial charge in [0.1, 0.15) is 0 Å². The number of hydrogen-bond donors (Lipinski definition) is 0. The van der Waals surface area contributed by atoms with Crippen molar-refractivity contribution >= 4 is 10.0 Å². The molecule has 0 radical (unpaired) electrons. The molecule has 1 aromatic carbocycles. The van der Waals surface area contributed by atoms with E-state index in [2.05, 4.69) is 6.08 Å². The van der Waals surface area contributed by atoms with Crippen LogP contribution in [0, 0.1) is 5.92 Å². The number of halogens is 3. The Hall–Kier alpha value is -1.60. The summed E-state index contributed by atoms with van der Waals surface area (Å²) in [4.78, 5) is 0. The number of hydrogen-bond acceptors (Lipinski definition) is 2. The van der Waals surface area contributed by atoms with Crippen molar-refractivity contribution in [1.29, 1.82) is 0 Å². The van der Waals surface area contributed by atoms with Gasteiger partial charge < -0.3 is 0 Å². The molecule has 0 bridgehead atoms. The van der Waals surface area contributed by atoms with E-state index in [-0.39, 0.29) is 25.4 Å². The van der Waals surface area contributed by atoms with E-state index >= 15 is 0 Å². The van der Waals surface area contributed by atoms with Crippen LogP contribution in [0.25, 0.3) is 0 Å². The Morgan fingerprint density at radius 3 is 2.37 bits per heavy atom. The number of benzene rings is 1. The maximum Gasteiger partial charge on any atom is 0.511 e. The highest BCUT2D eigenvalue weighted by Gasteiger charge is 2.49. The average Bonchev–Trinajstić information content (AvgIpc) is 2.57. The highest BCUT2D eigenvalue weighted by atomic mass is 32.2. The molecule has 0 aromatic heterocycles. The van der Waals surface area contributed by atoms with Crippen LogP contribution < -0.4 is 0 Å². The lowest BCUT2D eigenvalue weighted by atomic mass is 10.0. The third-order valence-corrected chi connectivity index (χ3v) is 5.67. The molecule has 152 valence electrons. The van der Waals surface area contributed by atoms with Crippen molar-refractivity contribution in [1.82, 2.24) is 4.31 Å². The maximum atomic E-state index is 13.0. The minimum absolute atomic E-state index is 0.158. The van der Waals surface area contributed by atoms with Crippen LogP contribution in [0.4, 0.5) is 13.2 Å². The number of rotatable bonds is 10. The molecule has 0 aliphatic rings. The summed E-state index contributed by atoms with van der Waals surface area (Å²) in [6, 6.07) is 8.87. The Morgan fingerprint density at radius 1 is 1.19 bits per heavy atom. The second-order valence-electron chi connectivity index (χ2n) is 6.81. The van der Waals surface area contributed by atoms with Crippen molar-refractivity contribution in [2.75, 3.05) is 13.1 Å². The Balaban J connectivity index is 2.77. The summed E-state index contributed by atoms with van der Waals surface area (Å²) in [5.41, 5.74) is -3.29. The van der Waals surface area contributed by atoms with E-state index in [0.29, 0.717) is 4.31 Å². The summed E-state index contributed by atoms with van der Waals surface area (Å²) in [6.45, 7) is 5.46. The van der Waals surface area contributed by atoms with Gasteiger partial charge in [0.25, 0.3) is 0 Å². The molecule has 0 saturated carbocycles. The molecule has 1 aromatic rings. The molecule has 27 heavy (non-hydrogen) atoms. The first-order valence-corrected chi connectivity index (χ1v) is 10.4. The van der Waals surface area contributed by atoms with Gasteiger partial charge in [0.05, 0.1) is 0 Å². The van der Waals surface area contributed by atoms with E-state index in [1.54, 1.807) is 36.4 Å². The molecule has 0 amide bonds. The molecular formula is C20H28F3NO2S. The molecule has 1 atom stereocenters. The van der Waals surface area contributed by atoms with E-state index in [1.807, 2.05) is 20.8 Å². The Labute approximate surface area is 160 Å². The van der Waals surface area contributed by atoms with Gasteiger partial charge in [-0.2, -0.15) is 17.5 Å². The molecular weight excluding hydrogens is 375 g/mol. The van der Waals surface area contributed by atoms with E-state index in [0.717, 1.165) is 18.4 Å². The monoisotopic (exact) mass is 403 g/mol. The smallest absolute Gasteiger partial charge is 0.203 e. The van der Waals surface area contributed by atoms with Crippen LogP contribution in [0.15, 0.2) is 54.1 Å². The zero-order valence-electron chi connectivity index (χ0n) is 16.0. The second kappa shape index (κ2) is 10.7. The molecule has 0 heterocycles. The predicted molar refractivity (Wildman–Crippen MR) is 104 cm³/mol. The summed E-state index contributed by atoms with van der Waals surface area (Å²) < 4.78 is 63.1. The van der Waals surface area contributed by atoms with Crippen molar-refractivity contribution in [3.05, 3.63) is 59.7 Å². The van der Waals surface area contributed by atoms with E-state index in [1.165, 1.54) is 11.6 Å². The fraction of sp³-hybridized carbons (Fsp3) is 0.500. The summed E-state index contributed by atoms with van der Waals surface area (Å²) in [6.07, 6.45) is 7.36. The average molecular weight is 404 g/mol. The molecule has 0 saturated heterocycles. The first kappa shape index (κ1) is 23.4. The van der Waals surface area contributed by atoms with Crippen LogP contribution in [0.5, 0.6) is 0 Å². The van der Waals surface area contributed by atoms with Gasteiger partial charge in [-0.25, -0.2) is 8.42 Å². The Bertz CT molecular complexity index is 721. The van der Waals surface area contributed by atoms with Gasteiger partial charge in [-0.1, -0.05) is 61.1 Å². The molecule has 0 N–H and O–H groups in total. The fourth-order valence-electron chi connectivity index (χ4n) is 2.50. The first-order valence-electron chi connectivity index (χ1n) is 8.94. The van der Waals surface area contributed by atoms with Crippen LogP contribution in [0.3, 0.4) is 0 Å². The molecule has 0 aliphatic carbocycles.